The lowest BCUT2D eigenvalue weighted by Gasteiger charge is -2.32. The van der Waals surface area contributed by atoms with E-state index in [-0.39, 0.29) is 18.0 Å². The summed E-state index contributed by atoms with van der Waals surface area (Å²) in [4.78, 5) is 14.7. The van der Waals surface area contributed by atoms with Gasteiger partial charge in [-0.1, -0.05) is 54.6 Å². The van der Waals surface area contributed by atoms with Crippen molar-refractivity contribution in [1.29, 1.82) is 0 Å². The van der Waals surface area contributed by atoms with Crippen LogP contribution in [0, 0.1) is 0 Å². The zero-order valence-corrected chi connectivity index (χ0v) is 17.3. The molecule has 5 heteroatoms. The van der Waals surface area contributed by atoms with E-state index < -0.39 is 0 Å². The van der Waals surface area contributed by atoms with Crippen LogP contribution in [0.25, 0.3) is 22.4 Å². The number of benzene rings is 2. The smallest absolute Gasteiger partial charge is 0.237 e. The average Bonchev–Trinajstić information content (AvgIpc) is 3.16. The van der Waals surface area contributed by atoms with E-state index in [4.69, 9.17) is 0 Å². The molecule has 0 fully saturated rings. The number of nitrogens with zero attached hydrogens (tertiary/aromatic N) is 2. The van der Waals surface area contributed by atoms with E-state index in [1.165, 1.54) is 22.4 Å². The van der Waals surface area contributed by atoms with E-state index in [1.54, 1.807) is 0 Å². The van der Waals surface area contributed by atoms with Crippen molar-refractivity contribution in [3.63, 3.8) is 0 Å². The number of carbonyl (C=O) groups excluding carboxylic acids is 1. The summed E-state index contributed by atoms with van der Waals surface area (Å²) in [6.45, 7) is 7.55. The molecule has 2 N–H and O–H groups in total. The Kier molecular flexibility index (Phi) is 5.49. The van der Waals surface area contributed by atoms with Crippen LogP contribution in [0.1, 0.15) is 32.0 Å². The Hall–Kier alpha value is -2.92. The SMILES string of the molecule is CC(C)NC(=O)[C@@H](C)N1CCc2[nH]nc(-c3ccc(-c4ccccc4)cc3)c2C1. The summed E-state index contributed by atoms with van der Waals surface area (Å²) in [5, 5.41) is 10.8. The normalized spacial score (nSPS) is 15.2. The van der Waals surface area contributed by atoms with Crippen molar-refractivity contribution in [3.05, 3.63) is 65.9 Å². The zero-order valence-electron chi connectivity index (χ0n) is 17.3. The first-order chi connectivity index (χ1) is 14.0. The van der Waals surface area contributed by atoms with Gasteiger partial charge in [0.2, 0.25) is 5.91 Å². The molecule has 0 saturated carbocycles. The molecule has 1 aliphatic heterocycles. The van der Waals surface area contributed by atoms with Crippen LogP contribution in [-0.2, 0) is 17.8 Å². The fourth-order valence-corrected chi connectivity index (χ4v) is 3.91. The van der Waals surface area contributed by atoms with E-state index in [2.05, 4.69) is 68.9 Å². The first-order valence-electron chi connectivity index (χ1n) is 10.3. The molecule has 0 radical (unpaired) electrons. The van der Waals surface area contributed by atoms with Gasteiger partial charge in [-0.3, -0.25) is 14.8 Å². The van der Waals surface area contributed by atoms with Gasteiger partial charge in [0.25, 0.3) is 0 Å². The maximum atomic E-state index is 12.5. The van der Waals surface area contributed by atoms with Crippen molar-refractivity contribution >= 4 is 5.91 Å². The number of rotatable bonds is 5. The van der Waals surface area contributed by atoms with Gasteiger partial charge < -0.3 is 5.32 Å². The van der Waals surface area contributed by atoms with Crippen LogP contribution in [0.3, 0.4) is 0 Å². The number of carbonyl (C=O) groups is 1. The van der Waals surface area contributed by atoms with Gasteiger partial charge in [0.1, 0.15) is 0 Å². The van der Waals surface area contributed by atoms with E-state index in [9.17, 15) is 4.79 Å². The van der Waals surface area contributed by atoms with Gasteiger partial charge >= 0.3 is 0 Å². The molecule has 0 unspecified atom stereocenters. The topological polar surface area (TPSA) is 61.0 Å². The standard InChI is InChI=1S/C24H28N4O/c1-16(2)25-24(29)17(3)28-14-13-22-21(15-28)23(27-26-22)20-11-9-19(10-12-20)18-7-5-4-6-8-18/h4-12,16-17H,13-15H2,1-3H3,(H,25,29)(H,26,27)/t17-/m1/s1. The van der Waals surface area contributed by atoms with Gasteiger partial charge in [-0.15, -0.1) is 0 Å². The summed E-state index contributed by atoms with van der Waals surface area (Å²) in [5.74, 6) is 0.0840. The van der Waals surface area contributed by atoms with Gasteiger partial charge in [-0.25, -0.2) is 0 Å². The van der Waals surface area contributed by atoms with Crippen molar-refractivity contribution in [2.45, 2.75) is 45.8 Å². The molecular formula is C24H28N4O. The van der Waals surface area contributed by atoms with Crippen molar-refractivity contribution in [1.82, 2.24) is 20.4 Å². The van der Waals surface area contributed by atoms with Crippen molar-refractivity contribution in [2.75, 3.05) is 6.54 Å². The molecule has 3 aromatic rings. The predicted molar refractivity (Wildman–Crippen MR) is 116 cm³/mol. The number of aromatic nitrogens is 2. The first kappa shape index (κ1) is 19.4. The molecule has 150 valence electrons. The Balaban J connectivity index is 1.55. The summed E-state index contributed by atoms with van der Waals surface area (Å²) in [5.41, 5.74) is 6.87. The molecule has 0 bridgehead atoms. The van der Waals surface area contributed by atoms with Gasteiger partial charge in [0.15, 0.2) is 0 Å². The Morgan fingerprint density at radius 2 is 1.66 bits per heavy atom. The molecule has 1 aliphatic rings. The van der Waals surface area contributed by atoms with Gasteiger partial charge in [-0.2, -0.15) is 5.10 Å². The summed E-state index contributed by atoms with van der Waals surface area (Å²) in [6.07, 6.45) is 0.879. The lowest BCUT2D eigenvalue weighted by atomic mass is 9.98. The third kappa shape index (κ3) is 4.10. The summed E-state index contributed by atoms with van der Waals surface area (Å²) >= 11 is 0. The number of fused-ring (bicyclic) bond motifs is 1. The highest BCUT2D eigenvalue weighted by Crippen LogP contribution is 2.30. The Morgan fingerprint density at radius 1 is 1.00 bits per heavy atom. The molecule has 0 saturated heterocycles. The van der Waals surface area contributed by atoms with Gasteiger partial charge in [0, 0.05) is 42.4 Å². The van der Waals surface area contributed by atoms with E-state index in [0.29, 0.717) is 0 Å². The van der Waals surface area contributed by atoms with Crippen LogP contribution in [-0.4, -0.2) is 39.6 Å². The van der Waals surface area contributed by atoms with Gasteiger partial charge in [0.05, 0.1) is 11.7 Å². The van der Waals surface area contributed by atoms with E-state index >= 15 is 0 Å². The highest BCUT2D eigenvalue weighted by atomic mass is 16.2. The first-order valence-corrected chi connectivity index (χ1v) is 10.3. The number of hydrogen-bond donors (Lipinski definition) is 2. The maximum Gasteiger partial charge on any atom is 0.237 e. The van der Waals surface area contributed by atoms with Crippen LogP contribution < -0.4 is 5.32 Å². The van der Waals surface area contributed by atoms with Crippen LogP contribution in [0.2, 0.25) is 0 Å². The predicted octanol–water partition coefficient (Wildman–Crippen LogP) is 4.01. The third-order valence-corrected chi connectivity index (χ3v) is 5.59. The minimum atomic E-state index is -0.159. The molecular weight excluding hydrogens is 360 g/mol. The fraction of sp³-hybridized carbons (Fsp3) is 0.333. The highest BCUT2D eigenvalue weighted by molar-refractivity contribution is 5.81. The minimum absolute atomic E-state index is 0.0840. The number of H-pyrrole nitrogens is 1. The fourth-order valence-electron chi connectivity index (χ4n) is 3.91. The second-order valence-corrected chi connectivity index (χ2v) is 8.03. The van der Waals surface area contributed by atoms with Crippen LogP contribution in [0.15, 0.2) is 54.6 Å². The lowest BCUT2D eigenvalue weighted by Crippen LogP contribution is -2.48. The molecule has 1 aromatic heterocycles. The maximum absolute atomic E-state index is 12.5. The molecule has 0 aliphatic carbocycles. The number of hydrogen-bond acceptors (Lipinski definition) is 3. The minimum Gasteiger partial charge on any atom is -0.353 e. The van der Waals surface area contributed by atoms with Crippen molar-refractivity contribution in [3.8, 4) is 22.4 Å². The second kappa shape index (κ2) is 8.21. The quantitative estimate of drug-likeness (QED) is 0.694. The molecule has 1 amide bonds. The van der Waals surface area contributed by atoms with Crippen LogP contribution >= 0.6 is 0 Å². The summed E-state index contributed by atoms with van der Waals surface area (Å²) in [7, 11) is 0. The molecule has 0 spiro atoms. The van der Waals surface area contributed by atoms with Crippen LogP contribution in [0.4, 0.5) is 0 Å². The molecule has 29 heavy (non-hydrogen) atoms. The second-order valence-electron chi connectivity index (χ2n) is 8.03. The van der Waals surface area contributed by atoms with E-state index in [0.717, 1.165) is 30.8 Å². The van der Waals surface area contributed by atoms with Crippen molar-refractivity contribution < 1.29 is 4.79 Å². The van der Waals surface area contributed by atoms with Crippen molar-refractivity contribution in [2.24, 2.45) is 0 Å². The molecule has 1 atom stereocenters. The Labute approximate surface area is 172 Å². The number of nitrogens with one attached hydrogen (secondary N) is 2. The monoisotopic (exact) mass is 388 g/mol. The highest BCUT2D eigenvalue weighted by Gasteiger charge is 2.28. The zero-order chi connectivity index (χ0) is 20.4. The molecule has 5 nitrogen and oxygen atoms in total. The molecule has 4 rings (SSSR count). The number of amides is 1. The van der Waals surface area contributed by atoms with E-state index in [1.807, 2.05) is 26.8 Å². The number of aromatic amines is 1. The summed E-state index contributed by atoms with van der Waals surface area (Å²) < 4.78 is 0. The lowest BCUT2D eigenvalue weighted by molar-refractivity contribution is -0.126. The molecule has 2 aromatic carbocycles. The largest absolute Gasteiger partial charge is 0.353 e. The van der Waals surface area contributed by atoms with Crippen LogP contribution in [0.5, 0.6) is 0 Å². The Morgan fingerprint density at radius 3 is 2.34 bits per heavy atom. The molecule has 2 heterocycles. The third-order valence-electron chi connectivity index (χ3n) is 5.59. The average molecular weight is 389 g/mol. The summed E-state index contributed by atoms with van der Waals surface area (Å²) in [6, 6.07) is 18.9. The Bertz CT molecular complexity index is 976. The van der Waals surface area contributed by atoms with Gasteiger partial charge in [-0.05, 0) is 31.9 Å².